The molecule has 0 saturated carbocycles. The van der Waals surface area contributed by atoms with Gasteiger partial charge in [-0.05, 0) is 43.5 Å². The van der Waals surface area contributed by atoms with Crippen LogP contribution in [-0.2, 0) is 0 Å². The fourth-order valence-corrected chi connectivity index (χ4v) is 1.30. The van der Waals surface area contributed by atoms with Crippen LogP contribution in [0.5, 0.6) is 5.75 Å². The van der Waals surface area contributed by atoms with E-state index in [4.69, 9.17) is 15.6 Å². The molecule has 1 rings (SSSR count). The maximum Gasteiger partial charge on any atom is 0.248 e. The summed E-state index contributed by atoms with van der Waals surface area (Å²) in [5.41, 5.74) is 5.59. The van der Waals surface area contributed by atoms with E-state index in [1.807, 2.05) is 0 Å². The van der Waals surface area contributed by atoms with Gasteiger partial charge in [0, 0.05) is 12.2 Å². The first-order valence-corrected chi connectivity index (χ1v) is 5.37. The number of benzene rings is 1. The normalized spacial score (nSPS) is 10.1. The second-order valence-electron chi connectivity index (χ2n) is 3.52. The van der Waals surface area contributed by atoms with E-state index in [1.54, 1.807) is 24.3 Å². The van der Waals surface area contributed by atoms with Gasteiger partial charge in [0.1, 0.15) is 5.75 Å². The van der Waals surface area contributed by atoms with Gasteiger partial charge < -0.3 is 15.6 Å². The average molecular weight is 223 g/mol. The van der Waals surface area contributed by atoms with Gasteiger partial charge in [-0.2, -0.15) is 0 Å². The fraction of sp³-hybridized carbons (Fsp3) is 0.417. The van der Waals surface area contributed by atoms with Crippen LogP contribution in [0.4, 0.5) is 0 Å². The molecule has 0 spiro atoms. The van der Waals surface area contributed by atoms with E-state index in [2.05, 4.69) is 0 Å². The average Bonchev–Trinajstić information content (AvgIpc) is 2.29. The molecule has 4 nitrogen and oxygen atoms in total. The van der Waals surface area contributed by atoms with Crippen LogP contribution in [0.25, 0.3) is 0 Å². The zero-order valence-corrected chi connectivity index (χ0v) is 9.19. The van der Waals surface area contributed by atoms with Gasteiger partial charge in [0.2, 0.25) is 5.91 Å². The third kappa shape index (κ3) is 4.31. The summed E-state index contributed by atoms with van der Waals surface area (Å²) in [4.78, 5) is 10.8. The van der Waals surface area contributed by atoms with Crippen LogP contribution < -0.4 is 10.5 Å². The van der Waals surface area contributed by atoms with Gasteiger partial charge in [0.05, 0.1) is 6.61 Å². The Morgan fingerprint density at radius 1 is 1.19 bits per heavy atom. The minimum absolute atomic E-state index is 0.229. The number of ether oxygens (including phenoxy) is 1. The summed E-state index contributed by atoms with van der Waals surface area (Å²) in [5.74, 6) is 0.295. The van der Waals surface area contributed by atoms with Crippen molar-refractivity contribution in [3.63, 3.8) is 0 Å². The molecule has 0 fully saturated rings. The van der Waals surface area contributed by atoms with E-state index in [1.165, 1.54) is 0 Å². The van der Waals surface area contributed by atoms with Gasteiger partial charge in [0.25, 0.3) is 0 Å². The summed E-state index contributed by atoms with van der Waals surface area (Å²) >= 11 is 0. The highest BCUT2D eigenvalue weighted by atomic mass is 16.5. The number of hydrogen-bond donors (Lipinski definition) is 2. The van der Waals surface area contributed by atoms with Crippen LogP contribution in [0.1, 0.15) is 29.6 Å². The minimum Gasteiger partial charge on any atom is -0.494 e. The third-order valence-electron chi connectivity index (χ3n) is 2.21. The quantitative estimate of drug-likeness (QED) is 0.685. The van der Waals surface area contributed by atoms with Crippen molar-refractivity contribution in [3.8, 4) is 5.75 Å². The summed E-state index contributed by atoms with van der Waals surface area (Å²) in [6.07, 6.45) is 2.68. The molecule has 88 valence electrons. The Kier molecular flexibility index (Phi) is 5.36. The van der Waals surface area contributed by atoms with Crippen LogP contribution in [0.2, 0.25) is 0 Å². The minimum atomic E-state index is -0.436. The summed E-state index contributed by atoms with van der Waals surface area (Å²) in [5, 5.41) is 8.58. The molecule has 0 radical (unpaired) electrons. The lowest BCUT2D eigenvalue weighted by molar-refractivity contribution is 0.100. The van der Waals surface area contributed by atoms with Crippen molar-refractivity contribution in [2.24, 2.45) is 5.73 Å². The summed E-state index contributed by atoms with van der Waals surface area (Å²) in [6, 6.07) is 6.75. The van der Waals surface area contributed by atoms with Gasteiger partial charge >= 0.3 is 0 Å². The van der Waals surface area contributed by atoms with Crippen LogP contribution in [0, 0.1) is 0 Å². The molecular formula is C12H17NO3. The van der Waals surface area contributed by atoms with E-state index in [-0.39, 0.29) is 6.61 Å². The zero-order chi connectivity index (χ0) is 11.8. The van der Waals surface area contributed by atoms with Gasteiger partial charge in [0.15, 0.2) is 0 Å². The number of nitrogens with two attached hydrogens (primary N) is 1. The molecule has 1 aromatic carbocycles. The second kappa shape index (κ2) is 6.85. The Labute approximate surface area is 95.0 Å². The van der Waals surface area contributed by atoms with Crippen molar-refractivity contribution >= 4 is 5.91 Å². The van der Waals surface area contributed by atoms with Crippen molar-refractivity contribution in [2.75, 3.05) is 13.2 Å². The number of rotatable bonds is 7. The molecule has 4 heteroatoms. The Balaban J connectivity index is 2.29. The molecule has 0 aliphatic rings. The number of primary amides is 1. The number of amides is 1. The lowest BCUT2D eigenvalue weighted by Gasteiger charge is -2.05. The van der Waals surface area contributed by atoms with Crippen molar-refractivity contribution in [3.05, 3.63) is 29.8 Å². The van der Waals surface area contributed by atoms with E-state index in [0.717, 1.165) is 25.0 Å². The maximum atomic E-state index is 10.8. The lowest BCUT2D eigenvalue weighted by Crippen LogP contribution is -2.10. The van der Waals surface area contributed by atoms with Gasteiger partial charge in [-0.1, -0.05) is 0 Å². The first-order chi connectivity index (χ1) is 7.74. The molecule has 1 aromatic rings. The summed E-state index contributed by atoms with van der Waals surface area (Å²) < 4.78 is 5.45. The molecule has 0 aliphatic carbocycles. The number of carbonyl (C=O) groups excluding carboxylic acids is 1. The first kappa shape index (κ1) is 12.5. The lowest BCUT2D eigenvalue weighted by atomic mass is 10.2. The highest BCUT2D eigenvalue weighted by Gasteiger charge is 1.99. The topological polar surface area (TPSA) is 72.6 Å². The van der Waals surface area contributed by atoms with E-state index < -0.39 is 5.91 Å². The number of aliphatic hydroxyl groups excluding tert-OH is 1. The van der Waals surface area contributed by atoms with Crippen molar-refractivity contribution in [1.29, 1.82) is 0 Å². The first-order valence-electron chi connectivity index (χ1n) is 5.37. The maximum absolute atomic E-state index is 10.8. The number of hydrogen-bond acceptors (Lipinski definition) is 3. The van der Waals surface area contributed by atoms with E-state index >= 15 is 0 Å². The molecule has 0 saturated heterocycles. The Morgan fingerprint density at radius 2 is 1.88 bits per heavy atom. The molecule has 0 bridgehead atoms. The van der Waals surface area contributed by atoms with Gasteiger partial charge in [-0.3, -0.25) is 4.79 Å². The predicted molar refractivity (Wildman–Crippen MR) is 61.4 cm³/mol. The van der Waals surface area contributed by atoms with Crippen LogP contribution in [-0.4, -0.2) is 24.2 Å². The van der Waals surface area contributed by atoms with Crippen molar-refractivity contribution in [1.82, 2.24) is 0 Å². The standard InChI is InChI=1S/C12H17NO3/c13-12(15)10-4-6-11(7-5-10)16-9-3-1-2-8-14/h4-7,14H,1-3,8-9H2,(H2,13,15). The smallest absolute Gasteiger partial charge is 0.248 e. The van der Waals surface area contributed by atoms with Crippen LogP contribution in [0.15, 0.2) is 24.3 Å². The summed E-state index contributed by atoms with van der Waals surface area (Å²) in [6.45, 7) is 0.850. The largest absolute Gasteiger partial charge is 0.494 e. The number of aliphatic hydroxyl groups is 1. The molecule has 0 heterocycles. The van der Waals surface area contributed by atoms with Crippen LogP contribution in [0.3, 0.4) is 0 Å². The fourth-order valence-electron chi connectivity index (χ4n) is 1.30. The Hall–Kier alpha value is -1.55. The highest BCUT2D eigenvalue weighted by molar-refractivity contribution is 5.92. The van der Waals surface area contributed by atoms with E-state index in [9.17, 15) is 4.79 Å². The molecular weight excluding hydrogens is 206 g/mol. The second-order valence-corrected chi connectivity index (χ2v) is 3.52. The molecule has 0 aromatic heterocycles. The monoisotopic (exact) mass is 223 g/mol. The van der Waals surface area contributed by atoms with Crippen molar-refractivity contribution < 1.29 is 14.6 Å². The molecule has 1 amide bonds. The molecule has 16 heavy (non-hydrogen) atoms. The summed E-state index contributed by atoms with van der Waals surface area (Å²) in [7, 11) is 0. The van der Waals surface area contributed by atoms with E-state index in [0.29, 0.717) is 12.2 Å². The SMILES string of the molecule is NC(=O)c1ccc(OCCCCCO)cc1. The zero-order valence-electron chi connectivity index (χ0n) is 9.19. The Bertz CT molecular complexity index is 322. The number of carbonyl (C=O) groups is 1. The molecule has 0 unspecified atom stereocenters. The highest BCUT2D eigenvalue weighted by Crippen LogP contribution is 2.12. The molecule has 0 atom stereocenters. The molecule has 3 N–H and O–H groups in total. The van der Waals surface area contributed by atoms with Crippen molar-refractivity contribution in [2.45, 2.75) is 19.3 Å². The van der Waals surface area contributed by atoms with Crippen LogP contribution >= 0.6 is 0 Å². The number of unbranched alkanes of at least 4 members (excludes halogenated alkanes) is 2. The predicted octanol–water partition coefficient (Wildman–Crippen LogP) is 1.33. The Morgan fingerprint density at radius 3 is 2.44 bits per heavy atom. The molecule has 0 aliphatic heterocycles. The third-order valence-corrected chi connectivity index (χ3v) is 2.21. The van der Waals surface area contributed by atoms with Gasteiger partial charge in [-0.15, -0.1) is 0 Å². The van der Waals surface area contributed by atoms with Gasteiger partial charge in [-0.25, -0.2) is 0 Å².